The molecule has 1 saturated heterocycles. The number of benzene rings is 2. The fourth-order valence-corrected chi connectivity index (χ4v) is 2.71. The van der Waals surface area contributed by atoms with Crippen molar-refractivity contribution in [1.29, 1.82) is 0 Å². The van der Waals surface area contributed by atoms with E-state index in [-0.39, 0.29) is 31.0 Å². The standard InChI is InChI=1S/C17H20N2O2.ClH/c20-17(19-14-7-4-10-18-11-14)12-21-16-9-3-6-13-5-1-2-8-15(13)16;/h1-3,5-6,8-9,14,18H,4,7,10-12H2,(H,19,20);1H. The monoisotopic (exact) mass is 320 g/mol. The highest BCUT2D eigenvalue weighted by molar-refractivity contribution is 5.88. The number of halogens is 1. The van der Waals surface area contributed by atoms with Crippen LogP contribution < -0.4 is 15.4 Å². The zero-order valence-corrected chi connectivity index (χ0v) is 13.2. The number of carbonyl (C=O) groups excluding carboxylic acids is 1. The number of carbonyl (C=O) groups is 1. The fourth-order valence-electron chi connectivity index (χ4n) is 2.71. The number of hydrogen-bond acceptors (Lipinski definition) is 3. The van der Waals surface area contributed by atoms with Crippen LogP contribution in [-0.2, 0) is 4.79 Å². The topological polar surface area (TPSA) is 50.4 Å². The van der Waals surface area contributed by atoms with Gasteiger partial charge in [0, 0.05) is 18.0 Å². The van der Waals surface area contributed by atoms with Crippen LogP contribution in [0.2, 0.25) is 0 Å². The van der Waals surface area contributed by atoms with Crippen LogP contribution in [0.1, 0.15) is 12.8 Å². The number of amides is 1. The molecule has 1 aliphatic rings. The second kappa shape index (κ2) is 8.01. The predicted molar refractivity (Wildman–Crippen MR) is 90.7 cm³/mol. The van der Waals surface area contributed by atoms with Gasteiger partial charge in [-0.25, -0.2) is 0 Å². The van der Waals surface area contributed by atoms with Gasteiger partial charge in [-0.2, -0.15) is 0 Å². The molecule has 4 nitrogen and oxygen atoms in total. The summed E-state index contributed by atoms with van der Waals surface area (Å²) in [5.41, 5.74) is 0. The normalized spacial score (nSPS) is 17.5. The molecule has 2 N–H and O–H groups in total. The van der Waals surface area contributed by atoms with E-state index in [0.717, 1.165) is 42.5 Å². The number of fused-ring (bicyclic) bond motifs is 1. The summed E-state index contributed by atoms with van der Waals surface area (Å²) in [6.07, 6.45) is 2.14. The Bertz CT molecular complexity index is 622. The maximum atomic E-state index is 12.0. The van der Waals surface area contributed by atoms with E-state index in [1.54, 1.807) is 0 Å². The summed E-state index contributed by atoms with van der Waals surface area (Å²) in [5.74, 6) is 0.696. The molecule has 1 aliphatic heterocycles. The van der Waals surface area contributed by atoms with Crippen LogP contribution in [0.15, 0.2) is 42.5 Å². The number of ether oxygens (including phenoxy) is 1. The van der Waals surface area contributed by atoms with Gasteiger partial charge in [-0.05, 0) is 30.8 Å². The van der Waals surface area contributed by atoms with Gasteiger partial charge in [-0.3, -0.25) is 4.79 Å². The Hall–Kier alpha value is -1.78. The lowest BCUT2D eigenvalue weighted by Gasteiger charge is -2.23. The smallest absolute Gasteiger partial charge is 0.258 e. The van der Waals surface area contributed by atoms with Gasteiger partial charge >= 0.3 is 0 Å². The van der Waals surface area contributed by atoms with Gasteiger partial charge in [0.25, 0.3) is 5.91 Å². The molecule has 1 fully saturated rings. The molecule has 2 aromatic rings. The zero-order valence-electron chi connectivity index (χ0n) is 12.4. The molecule has 0 saturated carbocycles. The largest absolute Gasteiger partial charge is 0.483 e. The van der Waals surface area contributed by atoms with Crippen LogP contribution in [0.4, 0.5) is 0 Å². The van der Waals surface area contributed by atoms with Crippen molar-refractivity contribution in [3.05, 3.63) is 42.5 Å². The molecule has 3 rings (SSSR count). The first-order chi connectivity index (χ1) is 10.3. The van der Waals surface area contributed by atoms with E-state index in [1.165, 1.54) is 0 Å². The van der Waals surface area contributed by atoms with Gasteiger partial charge in [0.1, 0.15) is 5.75 Å². The summed E-state index contributed by atoms with van der Waals surface area (Å²) in [7, 11) is 0. The summed E-state index contributed by atoms with van der Waals surface area (Å²) in [5, 5.41) is 8.45. The minimum absolute atomic E-state index is 0. The van der Waals surface area contributed by atoms with Gasteiger partial charge in [-0.15, -0.1) is 12.4 Å². The van der Waals surface area contributed by atoms with Crippen LogP contribution in [0, 0.1) is 0 Å². The highest BCUT2D eigenvalue weighted by Crippen LogP contribution is 2.24. The Labute approximate surface area is 136 Å². The van der Waals surface area contributed by atoms with E-state index in [0.29, 0.717) is 0 Å². The van der Waals surface area contributed by atoms with Crippen molar-refractivity contribution in [3.8, 4) is 5.75 Å². The molecule has 0 aliphatic carbocycles. The Balaban J connectivity index is 0.00000176. The first-order valence-electron chi connectivity index (χ1n) is 7.43. The van der Waals surface area contributed by atoms with Crippen molar-refractivity contribution in [1.82, 2.24) is 10.6 Å². The minimum atomic E-state index is -0.0587. The van der Waals surface area contributed by atoms with E-state index in [2.05, 4.69) is 10.6 Å². The number of hydrogen-bond donors (Lipinski definition) is 2. The average Bonchev–Trinajstić information content (AvgIpc) is 2.54. The molecule has 0 radical (unpaired) electrons. The number of piperidine rings is 1. The molecule has 0 bridgehead atoms. The van der Waals surface area contributed by atoms with Gasteiger partial charge in [0.15, 0.2) is 6.61 Å². The third-order valence-electron chi connectivity index (χ3n) is 3.77. The van der Waals surface area contributed by atoms with Gasteiger partial charge in [0.2, 0.25) is 0 Å². The predicted octanol–water partition coefficient (Wildman–Crippen LogP) is 2.51. The van der Waals surface area contributed by atoms with E-state index in [1.807, 2.05) is 42.5 Å². The first kappa shape index (κ1) is 16.6. The molecule has 2 aromatic carbocycles. The third kappa shape index (κ3) is 4.12. The third-order valence-corrected chi connectivity index (χ3v) is 3.77. The lowest BCUT2D eigenvalue weighted by molar-refractivity contribution is -0.123. The van der Waals surface area contributed by atoms with Crippen LogP contribution in [0.3, 0.4) is 0 Å². The molecule has 1 amide bonds. The van der Waals surface area contributed by atoms with Crippen molar-refractivity contribution in [2.75, 3.05) is 19.7 Å². The molecule has 22 heavy (non-hydrogen) atoms. The lowest BCUT2D eigenvalue weighted by atomic mass is 10.1. The summed E-state index contributed by atoms with van der Waals surface area (Å²) in [6, 6.07) is 14.1. The summed E-state index contributed by atoms with van der Waals surface area (Å²) < 4.78 is 5.69. The summed E-state index contributed by atoms with van der Waals surface area (Å²) in [6.45, 7) is 1.95. The Morgan fingerprint density at radius 3 is 2.86 bits per heavy atom. The van der Waals surface area contributed by atoms with Gasteiger partial charge < -0.3 is 15.4 Å². The van der Waals surface area contributed by atoms with Crippen LogP contribution >= 0.6 is 12.4 Å². The van der Waals surface area contributed by atoms with E-state index >= 15 is 0 Å². The van der Waals surface area contributed by atoms with E-state index < -0.39 is 0 Å². The van der Waals surface area contributed by atoms with Crippen LogP contribution in [-0.4, -0.2) is 31.6 Å². The van der Waals surface area contributed by atoms with Crippen molar-refractivity contribution in [2.24, 2.45) is 0 Å². The zero-order chi connectivity index (χ0) is 14.5. The Morgan fingerprint density at radius 2 is 2.05 bits per heavy atom. The molecular formula is C17H21ClN2O2. The van der Waals surface area contributed by atoms with Crippen molar-refractivity contribution >= 4 is 29.1 Å². The maximum Gasteiger partial charge on any atom is 0.258 e. The van der Waals surface area contributed by atoms with Crippen molar-refractivity contribution < 1.29 is 9.53 Å². The SMILES string of the molecule is Cl.O=C(COc1cccc2ccccc12)NC1CCCNC1. The van der Waals surface area contributed by atoms with Crippen LogP contribution in [0.5, 0.6) is 5.75 Å². The lowest BCUT2D eigenvalue weighted by Crippen LogP contribution is -2.46. The average molecular weight is 321 g/mol. The first-order valence-corrected chi connectivity index (χ1v) is 7.43. The molecular weight excluding hydrogens is 300 g/mol. The molecule has 0 spiro atoms. The molecule has 1 atom stereocenters. The van der Waals surface area contributed by atoms with Crippen LogP contribution in [0.25, 0.3) is 10.8 Å². The second-order valence-electron chi connectivity index (χ2n) is 5.38. The van der Waals surface area contributed by atoms with Crippen molar-refractivity contribution in [2.45, 2.75) is 18.9 Å². The highest BCUT2D eigenvalue weighted by Gasteiger charge is 2.15. The fraction of sp³-hybridized carbons (Fsp3) is 0.353. The molecule has 5 heteroatoms. The Morgan fingerprint density at radius 1 is 1.23 bits per heavy atom. The summed E-state index contributed by atoms with van der Waals surface area (Å²) >= 11 is 0. The van der Waals surface area contributed by atoms with Crippen molar-refractivity contribution in [3.63, 3.8) is 0 Å². The molecule has 1 unspecified atom stereocenters. The number of nitrogens with one attached hydrogen (secondary N) is 2. The van der Waals surface area contributed by atoms with Gasteiger partial charge in [0.05, 0.1) is 0 Å². The molecule has 0 aromatic heterocycles. The maximum absolute atomic E-state index is 12.0. The quantitative estimate of drug-likeness (QED) is 0.910. The number of rotatable bonds is 4. The van der Waals surface area contributed by atoms with E-state index in [4.69, 9.17) is 4.74 Å². The minimum Gasteiger partial charge on any atom is -0.483 e. The van der Waals surface area contributed by atoms with E-state index in [9.17, 15) is 4.79 Å². The summed E-state index contributed by atoms with van der Waals surface area (Å²) in [4.78, 5) is 12.0. The molecule has 1 heterocycles. The molecule has 118 valence electrons. The Kier molecular flexibility index (Phi) is 6.04. The van der Waals surface area contributed by atoms with Gasteiger partial charge in [-0.1, -0.05) is 36.4 Å². The highest BCUT2D eigenvalue weighted by atomic mass is 35.5. The second-order valence-corrected chi connectivity index (χ2v) is 5.38.